The van der Waals surface area contributed by atoms with Crippen LogP contribution in [0.1, 0.15) is 19.9 Å². The first-order valence-corrected chi connectivity index (χ1v) is 4.56. The van der Waals surface area contributed by atoms with Crippen LogP contribution in [0.15, 0.2) is 18.3 Å². The Morgan fingerprint density at radius 2 is 2.15 bits per heavy atom. The molecule has 2 rings (SSSR count). The highest BCUT2D eigenvalue weighted by Crippen LogP contribution is 2.18. The summed E-state index contributed by atoms with van der Waals surface area (Å²) in [5, 5.41) is 9.33. The van der Waals surface area contributed by atoms with Gasteiger partial charge in [0.25, 0.3) is 0 Å². The Hall–Kier alpha value is -1.09. The van der Waals surface area contributed by atoms with Crippen LogP contribution in [0, 0.1) is 0 Å². The summed E-state index contributed by atoms with van der Waals surface area (Å²) in [6, 6.07) is 4.21. The number of rotatable bonds is 1. The largest absolute Gasteiger partial charge is 0.329 e. The fourth-order valence-electron chi connectivity index (χ4n) is 1.35. The van der Waals surface area contributed by atoms with Gasteiger partial charge in [-0.3, -0.25) is 0 Å². The molecule has 0 saturated heterocycles. The lowest BCUT2D eigenvalue weighted by atomic mass is 10.4. The van der Waals surface area contributed by atoms with E-state index in [-0.39, 0.29) is 0 Å². The van der Waals surface area contributed by atoms with Crippen LogP contribution in [0.4, 0.5) is 0 Å². The number of hydrogen-bond acceptors (Lipinski definition) is 2. The standard InChI is InChI=1S/C9H10ClN3/c1-6(2)13-4-3-7-5-8(10)11-12-9(7)13/h3-6H,1-2H3. The molecule has 0 unspecified atom stereocenters. The van der Waals surface area contributed by atoms with E-state index >= 15 is 0 Å². The summed E-state index contributed by atoms with van der Waals surface area (Å²) in [5.41, 5.74) is 0.888. The normalized spacial score (nSPS) is 11.4. The minimum absolute atomic E-state index is 0.396. The van der Waals surface area contributed by atoms with Gasteiger partial charge in [-0.25, -0.2) is 0 Å². The van der Waals surface area contributed by atoms with Crippen LogP contribution in [0.25, 0.3) is 11.0 Å². The van der Waals surface area contributed by atoms with E-state index in [0.717, 1.165) is 11.0 Å². The summed E-state index contributed by atoms with van der Waals surface area (Å²) in [5.74, 6) is 0. The lowest BCUT2D eigenvalue weighted by Gasteiger charge is -2.06. The first kappa shape index (κ1) is 8.51. The average molecular weight is 196 g/mol. The number of aromatic nitrogens is 3. The number of nitrogens with zero attached hydrogens (tertiary/aromatic N) is 3. The first-order chi connectivity index (χ1) is 6.18. The van der Waals surface area contributed by atoms with Crippen molar-refractivity contribution in [3.8, 4) is 0 Å². The fourth-order valence-corrected chi connectivity index (χ4v) is 1.50. The topological polar surface area (TPSA) is 30.7 Å². The molecular formula is C9H10ClN3. The molecule has 68 valence electrons. The monoisotopic (exact) mass is 195 g/mol. The molecule has 2 aromatic rings. The van der Waals surface area contributed by atoms with E-state index in [9.17, 15) is 0 Å². The molecule has 4 heteroatoms. The summed E-state index contributed by atoms with van der Waals surface area (Å²) in [6.07, 6.45) is 2.00. The van der Waals surface area contributed by atoms with Crippen molar-refractivity contribution >= 4 is 22.6 Å². The molecule has 0 atom stereocenters. The third-order valence-electron chi connectivity index (χ3n) is 1.99. The lowest BCUT2D eigenvalue weighted by molar-refractivity contribution is 0.615. The Morgan fingerprint density at radius 1 is 1.38 bits per heavy atom. The van der Waals surface area contributed by atoms with Gasteiger partial charge in [-0.05, 0) is 26.0 Å². The Balaban J connectivity index is 2.69. The second-order valence-electron chi connectivity index (χ2n) is 3.26. The van der Waals surface area contributed by atoms with Crippen LogP contribution in [0.3, 0.4) is 0 Å². The van der Waals surface area contributed by atoms with Gasteiger partial charge in [0.05, 0.1) is 0 Å². The molecule has 3 nitrogen and oxygen atoms in total. The molecule has 0 spiro atoms. The highest BCUT2D eigenvalue weighted by Gasteiger charge is 2.05. The molecule has 0 N–H and O–H groups in total. The van der Waals surface area contributed by atoms with E-state index in [4.69, 9.17) is 11.6 Å². The SMILES string of the molecule is CC(C)n1ccc2cc(Cl)nnc21. The van der Waals surface area contributed by atoms with Crippen molar-refractivity contribution in [2.45, 2.75) is 19.9 Å². The summed E-state index contributed by atoms with van der Waals surface area (Å²) in [7, 11) is 0. The zero-order valence-corrected chi connectivity index (χ0v) is 8.28. The number of hydrogen-bond donors (Lipinski definition) is 0. The molecule has 0 radical (unpaired) electrons. The Morgan fingerprint density at radius 3 is 2.85 bits per heavy atom. The maximum Gasteiger partial charge on any atom is 0.162 e. The quantitative estimate of drug-likeness (QED) is 0.701. The van der Waals surface area contributed by atoms with Gasteiger partial charge >= 0.3 is 0 Å². The van der Waals surface area contributed by atoms with Crippen LogP contribution in [0.5, 0.6) is 0 Å². The molecule has 0 fully saturated rings. The van der Waals surface area contributed by atoms with Crippen molar-refractivity contribution in [2.24, 2.45) is 0 Å². The lowest BCUT2D eigenvalue weighted by Crippen LogP contribution is -2.00. The van der Waals surface area contributed by atoms with Crippen molar-refractivity contribution in [1.82, 2.24) is 14.8 Å². The van der Waals surface area contributed by atoms with Crippen LogP contribution in [0.2, 0.25) is 5.15 Å². The van der Waals surface area contributed by atoms with Crippen LogP contribution in [-0.4, -0.2) is 14.8 Å². The van der Waals surface area contributed by atoms with E-state index < -0.39 is 0 Å². The molecule has 2 aromatic heterocycles. The van der Waals surface area contributed by atoms with Crippen LogP contribution in [-0.2, 0) is 0 Å². The average Bonchev–Trinajstić information content (AvgIpc) is 2.46. The van der Waals surface area contributed by atoms with Crippen LogP contribution >= 0.6 is 11.6 Å². The predicted molar refractivity (Wildman–Crippen MR) is 52.9 cm³/mol. The zero-order chi connectivity index (χ0) is 9.42. The number of halogens is 1. The maximum atomic E-state index is 5.72. The van der Waals surface area contributed by atoms with Gasteiger partial charge in [-0.1, -0.05) is 11.6 Å². The molecule has 0 aromatic carbocycles. The summed E-state index contributed by atoms with van der Waals surface area (Å²) < 4.78 is 2.07. The maximum absolute atomic E-state index is 5.72. The molecule has 0 aliphatic heterocycles. The van der Waals surface area contributed by atoms with E-state index in [0.29, 0.717) is 11.2 Å². The molecule has 0 aliphatic carbocycles. The molecule has 0 saturated carbocycles. The van der Waals surface area contributed by atoms with Crippen LogP contribution < -0.4 is 0 Å². The smallest absolute Gasteiger partial charge is 0.162 e. The number of fused-ring (bicyclic) bond motifs is 1. The fraction of sp³-hybridized carbons (Fsp3) is 0.333. The summed E-state index contributed by atoms with van der Waals surface area (Å²) >= 11 is 5.72. The van der Waals surface area contributed by atoms with Gasteiger partial charge in [-0.2, -0.15) is 0 Å². The molecule has 13 heavy (non-hydrogen) atoms. The van der Waals surface area contributed by atoms with Gasteiger partial charge in [0.1, 0.15) is 0 Å². The van der Waals surface area contributed by atoms with Crippen molar-refractivity contribution in [3.05, 3.63) is 23.5 Å². The second-order valence-corrected chi connectivity index (χ2v) is 3.65. The highest BCUT2D eigenvalue weighted by atomic mass is 35.5. The highest BCUT2D eigenvalue weighted by molar-refractivity contribution is 6.29. The third-order valence-corrected chi connectivity index (χ3v) is 2.17. The van der Waals surface area contributed by atoms with Crippen molar-refractivity contribution in [3.63, 3.8) is 0 Å². The van der Waals surface area contributed by atoms with Crippen molar-refractivity contribution < 1.29 is 0 Å². The van der Waals surface area contributed by atoms with Crippen molar-refractivity contribution in [1.29, 1.82) is 0 Å². The van der Waals surface area contributed by atoms with Gasteiger partial charge in [0.2, 0.25) is 0 Å². The minimum atomic E-state index is 0.396. The predicted octanol–water partition coefficient (Wildman–Crippen LogP) is 2.67. The Kier molecular flexibility index (Phi) is 1.96. The zero-order valence-electron chi connectivity index (χ0n) is 7.53. The third kappa shape index (κ3) is 1.40. The van der Waals surface area contributed by atoms with Gasteiger partial charge in [0.15, 0.2) is 10.8 Å². The Labute approximate surface area is 81.3 Å². The van der Waals surface area contributed by atoms with Crippen molar-refractivity contribution in [2.75, 3.05) is 0 Å². The van der Waals surface area contributed by atoms with Gasteiger partial charge in [-0.15, -0.1) is 10.2 Å². The Bertz CT molecular complexity index is 433. The second kappa shape index (κ2) is 3.00. The van der Waals surface area contributed by atoms with Gasteiger partial charge < -0.3 is 4.57 Å². The molecular weight excluding hydrogens is 186 g/mol. The summed E-state index contributed by atoms with van der Waals surface area (Å²) in [6.45, 7) is 4.21. The molecule has 0 aliphatic rings. The molecule has 0 bridgehead atoms. The minimum Gasteiger partial charge on any atom is -0.329 e. The first-order valence-electron chi connectivity index (χ1n) is 4.18. The van der Waals surface area contributed by atoms with E-state index in [1.54, 1.807) is 0 Å². The molecule has 2 heterocycles. The van der Waals surface area contributed by atoms with E-state index in [2.05, 4.69) is 28.6 Å². The molecule has 0 amide bonds. The van der Waals surface area contributed by atoms with E-state index in [1.165, 1.54) is 0 Å². The van der Waals surface area contributed by atoms with Gasteiger partial charge in [0, 0.05) is 17.6 Å². The summed E-state index contributed by atoms with van der Waals surface area (Å²) in [4.78, 5) is 0. The van der Waals surface area contributed by atoms with E-state index in [1.807, 2.05) is 18.3 Å².